The van der Waals surface area contributed by atoms with Gasteiger partial charge in [0.2, 0.25) is 0 Å². The highest BCUT2D eigenvalue weighted by atomic mass is 16.7. The third-order valence-electron chi connectivity index (χ3n) is 16.5. The molecule has 4 aliphatic carbocycles. The molecule has 4 saturated carbocycles. The van der Waals surface area contributed by atoms with Crippen molar-refractivity contribution in [2.24, 2.45) is 44.8 Å². The van der Waals surface area contributed by atoms with Crippen molar-refractivity contribution in [1.29, 1.82) is 0 Å². The Bertz CT molecular complexity index is 1310. The molecule has 10 nitrogen and oxygen atoms in total. The summed E-state index contributed by atoms with van der Waals surface area (Å²) in [5.41, 5.74) is -4.11. The van der Waals surface area contributed by atoms with Crippen LogP contribution in [-0.4, -0.2) is 97.8 Å². The fourth-order valence-electron chi connectivity index (χ4n) is 13.0. The lowest BCUT2D eigenvalue weighted by Gasteiger charge is -2.65. The molecule has 3 heterocycles. The van der Waals surface area contributed by atoms with Crippen LogP contribution >= 0.6 is 0 Å². The summed E-state index contributed by atoms with van der Waals surface area (Å²) in [5, 5.41) is 52.5. The molecule has 3 saturated heterocycles. The molecule has 48 heavy (non-hydrogen) atoms. The highest BCUT2D eigenvalue weighted by molar-refractivity contribution is 5.87. The number of rotatable bonds is 7. The lowest BCUT2D eigenvalue weighted by molar-refractivity contribution is -0.331. The average Bonchev–Trinajstić information content (AvgIpc) is 3.60. The van der Waals surface area contributed by atoms with Crippen LogP contribution in [0.4, 0.5) is 0 Å². The van der Waals surface area contributed by atoms with E-state index in [1.807, 2.05) is 6.92 Å². The molecule has 274 valence electrons. The first-order valence-electron chi connectivity index (χ1n) is 18.7. The van der Waals surface area contributed by atoms with E-state index in [2.05, 4.69) is 55.4 Å². The molecule has 1 unspecified atom stereocenters. The predicted octanol–water partition coefficient (Wildman–Crippen LogP) is 3.86. The number of aliphatic hydroxyl groups is 5. The molecule has 2 bridgehead atoms. The minimum absolute atomic E-state index is 0.0687. The standard InChI is InChI=1S/C38H62O10/c1-20(10-14-35(9,44)31(2,3)4)21-11-15-36-30(43)48-37(17-16-33(21,36)7)34(8)13-12-24(32(5,6)23(34)18-25-38(36,37)47-25)46-29-28(42)27(41)26(40)22(19-39)45-29/h20-29,39-42,44H,10-19H2,1-9H3/t20-,21-,22-,23+,24+,25-,26+,27+,28-,29+,33-,34+,35?,36+,37+,38+/m1/s1. The zero-order valence-corrected chi connectivity index (χ0v) is 30.6. The number of ether oxygens (including phenoxy) is 4. The van der Waals surface area contributed by atoms with Gasteiger partial charge in [0.05, 0.1) is 24.4 Å². The third-order valence-corrected chi connectivity index (χ3v) is 16.5. The van der Waals surface area contributed by atoms with Gasteiger partial charge in [-0.15, -0.1) is 0 Å². The van der Waals surface area contributed by atoms with Crippen LogP contribution in [-0.2, 0) is 23.7 Å². The van der Waals surface area contributed by atoms with Crippen LogP contribution in [0, 0.1) is 44.8 Å². The van der Waals surface area contributed by atoms with Gasteiger partial charge in [-0.05, 0) is 98.7 Å². The Labute approximate surface area is 286 Å². The number of esters is 1. The number of hydrogen-bond donors (Lipinski definition) is 5. The lowest BCUT2D eigenvalue weighted by Crippen LogP contribution is -2.73. The third kappa shape index (κ3) is 4.06. The first kappa shape index (κ1) is 35.5. The SMILES string of the molecule is C[C@H](CCC(C)(O)C(C)(C)C)[C@H]1CC[C@]23C(=O)O[C@]4(CC[C@]12C)[C@@]31O[C@@H]1C[C@H]1C(C)(C)[C@@H](O[C@@H]2O[C@H](CO)[C@H](O)[C@H](O)[C@H]2O)CC[C@@]14C. The van der Waals surface area contributed by atoms with Crippen LogP contribution in [0.25, 0.3) is 0 Å². The smallest absolute Gasteiger partial charge is 0.316 e. The highest BCUT2D eigenvalue weighted by Crippen LogP contribution is 2.87. The molecule has 16 atom stereocenters. The van der Waals surface area contributed by atoms with Crippen LogP contribution in [0.15, 0.2) is 0 Å². The maximum atomic E-state index is 14.7. The second-order valence-electron chi connectivity index (χ2n) is 19.5. The number of fused-ring (bicyclic) bond motifs is 1. The van der Waals surface area contributed by atoms with E-state index in [0.717, 1.165) is 51.4 Å². The fourth-order valence-corrected chi connectivity index (χ4v) is 13.0. The van der Waals surface area contributed by atoms with Crippen LogP contribution in [0.5, 0.6) is 0 Å². The molecule has 2 spiro atoms. The van der Waals surface area contributed by atoms with Gasteiger partial charge >= 0.3 is 5.97 Å². The number of epoxide rings is 1. The molecule has 7 fully saturated rings. The van der Waals surface area contributed by atoms with E-state index < -0.39 is 64.9 Å². The van der Waals surface area contributed by atoms with Crippen LogP contribution < -0.4 is 0 Å². The summed E-state index contributed by atoms with van der Waals surface area (Å²) in [4.78, 5) is 14.7. The molecule has 0 aromatic rings. The Hall–Kier alpha value is -0.850. The lowest BCUT2D eigenvalue weighted by atomic mass is 9.36. The quantitative estimate of drug-likeness (QED) is 0.152. The number of aliphatic hydroxyl groups excluding tert-OH is 4. The molecule has 5 N–H and O–H groups in total. The number of hydrogen-bond acceptors (Lipinski definition) is 10. The number of carbonyl (C=O) groups is 1. The summed E-state index contributed by atoms with van der Waals surface area (Å²) in [5.74, 6) is 0.692. The normalized spacial score (nSPS) is 53.9. The summed E-state index contributed by atoms with van der Waals surface area (Å²) < 4.78 is 26.1. The Kier molecular flexibility index (Phi) is 7.86. The molecule has 10 heteroatoms. The van der Waals surface area contributed by atoms with E-state index in [0.29, 0.717) is 18.3 Å². The van der Waals surface area contributed by atoms with Crippen LogP contribution in [0.2, 0.25) is 0 Å². The summed E-state index contributed by atoms with van der Waals surface area (Å²) >= 11 is 0. The minimum Gasteiger partial charge on any atom is -0.455 e. The summed E-state index contributed by atoms with van der Waals surface area (Å²) in [6.45, 7) is 19.0. The predicted molar refractivity (Wildman–Crippen MR) is 175 cm³/mol. The van der Waals surface area contributed by atoms with Crippen molar-refractivity contribution in [2.75, 3.05) is 6.61 Å². The monoisotopic (exact) mass is 678 g/mol. The average molecular weight is 679 g/mol. The van der Waals surface area contributed by atoms with Crippen molar-refractivity contribution in [3.8, 4) is 0 Å². The van der Waals surface area contributed by atoms with Gasteiger partial charge in [-0.1, -0.05) is 55.4 Å². The molecule has 0 radical (unpaired) electrons. The Balaban J connectivity index is 1.16. The van der Waals surface area contributed by atoms with E-state index in [1.54, 1.807) is 0 Å². The Morgan fingerprint density at radius 1 is 0.938 bits per heavy atom. The van der Waals surface area contributed by atoms with Crippen molar-refractivity contribution in [2.45, 2.75) is 180 Å². The topological polar surface area (TPSA) is 158 Å². The van der Waals surface area contributed by atoms with Gasteiger partial charge in [0.25, 0.3) is 0 Å². The minimum atomic E-state index is -1.50. The molecule has 7 aliphatic rings. The molecular weight excluding hydrogens is 616 g/mol. The highest BCUT2D eigenvalue weighted by Gasteiger charge is 2.97. The summed E-state index contributed by atoms with van der Waals surface area (Å²) in [6, 6.07) is 0. The fraction of sp³-hybridized carbons (Fsp3) is 0.974. The number of carbonyl (C=O) groups excluding carboxylic acids is 1. The Morgan fingerprint density at radius 3 is 2.27 bits per heavy atom. The molecule has 0 amide bonds. The van der Waals surface area contributed by atoms with Gasteiger partial charge in [0.1, 0.15) is 29.8 Å². The van der Waals surface area contributed by atoms with Gasteiger partial charge in [-0.25, -0.2) is 0 Å². The van der Waals surface area contributed by atoms with Gasteiger partial charge in [-0.3, -0.25) is 4.79 Å². The van der Waals surface area contributed by atoms with E-state index in [4.69, 9.17) is 18.9 Å². The first-order chi connectivity index (χ1) is 22.1. The summed E-state index contributed by atoms with van der Waals surface area (Å²) in [6.07, 6.45) is 0.102. The zero-order chi connectivity index (χ0) is 35.3. The van der Waals surface area contributed by atoms with E-state index in [1.165, 1.54) is 0 Å². The zero-order valence-electron chi connectivity index (χ0n) is 30.6. The van der Waals surface area contributed by atoms with Crippen molar-refractivity contribution >= 4 is 5.97 Å². The summed E-state index contributed by atoms with van der Waals surface area (Å²) in [7, 11) is 0. The van der Waals surface area contributed by atoms with Gasteiger partial charge < -0.3 is 44.5 Å². The van der Waals surface area contributed by atoms with Crippen molar-refractivity contribution in [1.82, 2.24) is 0 Å². The molecular formula is C38H62O10. The van der Waals surface area contributed by atoms with Crippen molar-refractivity contribution < 1.29 is 49.3 Å². The molecule has 7 rings (SSSR count). The second kappa shape index (κ2) is 10.6. The maximum absolute atomic E-state index is 14.7. The van der Waals surface area contributed by atoms with Gasteiger partial charge in [-0.2, -0.15) is 0 Å². The molecule has 3 aliphatic heterocycles. The molecule has 0 aromatic heterocycles. The van der Waals surface area contributed by atoms with Gasteiger partial charge in [0.15, 0.2) is 17.5 Å². The van der Waals surface area contributed by atoms with Crippen molar-refractivity contribution in [3.05, 3.63) is 0 Å². The van der Waals surface area contributed by atoms with E-state index in [-0.39, 0.29) is 40.3 Å². The van der Waals surface area contributed by atoms with Crippen LogP contribution in [0.3, 0.4) is 0 Å². The molecule has 0 aromatic carbocycles. The van der Waals surface area contributed by atoms with E-state index in [9.17, 15) is 30.3 Å². The largest absolute Gasteiger partial charge is 0.455 e. The van der Waals surface area contributed by atoms with Crippen molar-refractivity contribution in [3.63, 3.8) is 0 Å². The van der Waals surface area contributed by atoms with Gasteiger partial charge in [0, 0.05) is 5.41 Å². The van der Waals surface area contributed by atoms with E-state index >= 15 is 0 Å². The second-order valence-corrected chi connectivity index (χ2v) is 19.5. The Morgan fingerprint density at radius 2 is 1.62 bits per heavy atom. The maximum Gasteiger partial charge on any atom is 0.316 e. The van der Waals surface area contributed by atoms with Crippen LogP contribution in [0.1, 0.15) is 120 Å². The first-order valence-corrected chi connectivity index (χ1v) is 18.7.